The van der Waals surface area contributed by atoms with E-state index >= 15 is 0 Å². The number of rotatable bonds is 9. The molecule has 1 fully saturated rings. The molecule has 2 aromatic rings. The maximum atomic E-state index is 11.9. The first-order valence-electron chi connectivity index (χ1n) is 12.6. The number of anilines is 1. The van der Waals surface area contributed by atoms with Gasteiger partial charge in [0.15, 0.2) is 0 Å². The number of hydrogen-bond acceptors (Lipinski definition) is 7. The molecular formula is C29H33N5O3S. The Morgan fingerprint density at radius 2 is 1.87 bits per heavy atom. The van der Waals surface area contributed by atoms with Crippen molar-refractivity contribution in [2.24, 2.45) is 10.9 Å². The molecule has 3 N–H and O–H groups in total. The predicted octanol–water partition coefficient (Wildman–Crippen LogP) is 4.94. The molecule has 1 aromatic carbocycles. The highest BCUT2D eigenvalue weighted by molar-refractivity contribution is 7.92. The summed E-state index contributed by atoms with van der Waals surface area (Å²) in [6.45, 7) is 9.54. The van der Waals surface area contributed by atoms with E-state index in [0.717, 1.165) is 53.6 Å². The van der Waals surface area contributed by atoms with Gasteiger partial charge < -0.3 is 10.5 Å². The van der Waals surface area contributed by atoms with Gasteiger partial charge in [-0.15, -0.1) is 0 Å². The Morgan fingerprint density at radius 3 is 2.53 bits per heavy atom. The molecule has 8 nitrogen and oxygen atoms in total. The Morgan fingerprint density at radius 1 is 1.13 bits per heavy atom. The van der Waals surface area contributed by atoms with Crippen molar-refractivity contribution in [1.82, 2.24) is 14.7 Å². The van der Waals surface area contributed by atoms with Crippen molar-refractivity contribution in [2.75, 3.05) is 12.3 Å². The van der Waals surface area contributed by atoms with E-state index < -0.39 is 10.0 Å². The van der Waals surface area contributed by atoms with Crippen molar-refractivity contribution < 1.29 is 13.2 Å². The Labute approximate surface area is 224 Å². The normalized spacial score (nSPS) is 20.2. The van der Waals surface area contributed by atoms with E-state index in [1.54, 1.807) is 12.2 Å². The molecule has 38 heavy (non-hydrogen) atoms. The number of sulfonamides is 1. The molecule has 0 saturated heterocycles. The second kappa shape index (κ2) is 12.1. The fourth-order valence-corrected chi connectivity index (χ4v) is 5.60. The number of aliphatic imine (C=N–C) groups is 1. The first-order chi connectivity index (χ1) is 18.3. The van der Waals surface area contributed by atoms with Crippen molar-refractivity contribution in [3.8, 4) is 5.75 Å². The quantitative estimate of drug-likeness (QED) is 0.349. The SMILES string of the molecule is C=C/C=C(\C=C/C)Oc1ccc(C2=NCC([C@H]3CC[C@@H](NS(=O)(=O)C=C)CC3)=Cc3ncnc(N)c32)cc1. The summed E-state index contributed by atoms with van der Waals surface area (Å²) in [7, 11) is -3.44. The fraction of sp³-hybridized carbons (Fsp3) is 0.276. The number of aromatic nitrogens is 2. The van der Waals surface area contributed by atoms with Gasteiger partial charge in [0.25, 0.3) is 0 Å². The summed E-state index contributed by atoms with van der Waals surface area (Å²) in [5.74, 6) is 2.03. The van der Waals surface area contributed by atoms with Crippen LogP contribution in [0.3, 0.4) is 0 Å². The minimum absolute atomic E-state index is 0.0830. The number of allylic oxidation sites excluding steroid dienone is 4. The molecule has 2 aliphatic rings. The fourth-order valence-electron chi connectivity index (χ4n) is 4.80. The molecule has 0 unspecified atom stereocenters. The summed E-state index contributed by atoms with van der Waals surface area (Å²) in [5, 5.41) is 0.960. The largest absolute Gasteiger partial charge is 0.457 e. The topological polar surface area (TPSA) is 120 Å². The lowest BCUT2D eigenvalue weighted by atomic mass is 9.81. The highest BCUT2D eigenvalue weighted by Crippen LogP contribution is 2.34. The van der Waals surface area contributed by atoms with E-state index in [0.29, 0.717) is 29.4 Å². The first kappa shape index (κ1) is 27.2. The first-order valence-corrected chi connectivity index (χ1v) is 14.1. The highest BCUT2D eigenvalue weighted by Gasteiger charge is 2.28. The van der Waals surface area contributed by atoms with Crippen LogP contribution in [-0.4, -0.2) is 36.7 Å². The molecule has 0 amide bonds. The minimum atomic E-state index is -3.44. The third kappa shape index (κ3) is 6.54. The average molecular weight is 532 g/mol. The van der Waals surface area contributed by atoms with Crippen LogP contribution in [0.15, 0.2) is 89.8 Å². The van der Waals surface area contributed by atoms with Crippen LogP contribution in [0.2, 0.25) is 0 Å². The molecule has 1 saturated carbocycles. The summed E-state index contributed by atoms with van der Waals surface area (Å²) in [6.07, 6.45) is 14.0. The van der Waals surface area contributed by atoms with Crippen molar-refractivity contribution in [3.63, 3.8) is 0 Å². The zero-order valence-corrected chi connectivity index (χ0v) is 22.3. The number of nitrogens with zero attached hydrogens (tertiary/aromatic N) is 3. The maximum absolute atomic E-state index is 11.9. The third-order valence-corrected chi connectivity index (χ3v) is 7.76. The number of nitrogens with one attached hydrogen (secondary N) is 1. The van der Waals surface area contributed by atoms with Gasteiger partial charge in [-0.3, -0.25) is 4.99 Å². The van der Waals surface area contributed by atoms with Crippen molar-refractivity contribution in [1.29, 1.82) is 0 Å². The van der Waals surface area contributed by atoms with Crippen LogP contribution in [0.5, 0.6) is 5.75 Å². The summed E-state index contributed by atoms with van der Waals surface area (Å²) in [6, 6.07) is 7.60. The van der Waals surface area contributed by atoms with Gasteiger partial charge in [-0.2, -0.15) is 0 Å². The number of ether oxygens (including phenoxy) is 1. The second-order valence-electron chi connectivity index (χ2n) is 9.21. The Bertz CT molecular complexity index is 1410. The van der Waals surface area contributed by atoms with Crippen LogP contribution in [0, 0.1) is 5.92 Å². The van der Waals surface area contributed by atoms with E-state index in [-0.39, 0.29) is 12.0 Å². The second-order valence-corrected chi connectivity index (χ2v) is 10.9. The molecule has 0 atom stereocenters. The van der Waals surface area contributed by atoms with Crippen LogP contribution < -0.4 is 15.2 Å². The zero-order valence-electron chi connectivity index (χ0n) is 21.5. The number of nitrogens with two attached hydrogens (primary N) is 1. The number of benzene rings is 1. The zero-order chi connectivity index (χ0) is 27.1. The smallest absolute Gasteiger partial charge is 0.233 e. The van der Waals surface area contributed by atoms with Gasteiger partial charge in [-0.1, -0.05) is 25.3 Å². The monoisotopic (exact) mass is 531 g/mol. The molecule has 198 valence electrons. The summed E-state index contributed by atoms with van der Waals surface area (Å²) in [4.78, 5) is 13.7. The van der Waals surface area contributed by atoms with Gasteiger partial charge in [0.1, 0.15) is 23.7 Å². The predicted molar refractivity (Wildman–Crippen MR) is 153 cm³/mol. The van der Waals surface area contributed by atoms with Crippen LogP contribution in [0.4, 0.5) is 5.82 Å². The molecule has 0 radical (unpaired) electrons. The van der Waals surface area contributed by atoms with Crippen molar-refractivity contribution >= 4 is 27.6 Å². The molecule has 1 aliphatic carbocycles. The van der Waals surface area contributed by atoms with Gasteiger partial charge in [-0.25, -0.2) is 23.1 Å². The lowest BCUT2D eigenvalue weighted by Gasteiger charge is -2.29. The lowest BCUT2D eigenvalue weighted by Crippen LogP contribution is -2.36. The van der Waals surface area contributed by atoms with E-state index in [9.17, 15) is 8.42 Å². The Balaban J connectivity index is 1.57. The van der Waals surface area contributed by atoms with Crippen LogP contribution >= 0.6 is 0 Å². The molecule has 1 aliphatic heterocycles. The number of fused-ring (bicyclic) bond motifs is 1. The molecule has 0 spiro atoms. The summed E-state index contributed by atoms with van der Waals surface area (Å²) in [5.41, 5.74) is 10.6. The van der Waals surface area contributed by atoms with Crippen LogP contribution in [0.1, 0.15) is 49.4 Å². The van der Waals surface area contributed by atoms with E-state index in [2.05, 4.69) is 33.9 Å². The standard InChI is InChI=1S/C29H33N5O3S/c1-4-7-24(8-5-2)37-25-15-11-21(12-16-25)28-27-26(32-19-33-29(27)30)17-22(18-31-28)20-9-13-23(14-10-20)34-38(35,36)6-3/h4-8,11-12,15-17,19-20,23,34H,1,3,9-10,13-14,18H2,2H3,(H2,30,32,33)/b8-5-,24-7+/t20-,23+. The van der Waals surface area contributed by atoms with E-state index in [1.165, 1.54) is 6.33 Å². The summed E-state index contributed by atoms with van der Waals surface area (Å²) < 4.78 is 32.4. The van der Waals surface area contributed by atoms with Crippen molar-refractivity contribution in [3.05, 3.63) is 102 Å². The molecule has 4 rings (SSSR count). The molecular weight excluding hydrogens is 498 g/mol. The van der Waals surface area contributed by atoms with Gasteiger partial charge in [-0.05, 0) is 86.6 Å². The Hall–Kier alpha value is -3.82. The highest BCUT2D eigenvalue weighted by atomic mass is 32.2. The van der Waals surface area contributed by atoms with E-state index in [1.807, 2.05) is 43.3 Å². The van der Waals surface area contributed by atoms with Crippen molar-refractivity contribution in [2.45, 2.75) is 38.6 Å². The average Bonchev–Trinajstić information content (AvgIpc) is 3.11. The van der Waals surface area contributed by atoms with Crippen LogP contribution in [0.25, 0.3) is 6.08 Å². The maximum Gasteiger partial charge on any atom is 0.233 e. The van der Waals surface area contributed by atoms with Crippen LogP contribution in [-0.2, 0) is 10.0 Å². The molecule has 2 heterocycles. The molecule has 0 bridgehead atoms. The lowest BCUT2D eigenvalue weighted by molar-refractivity contribution is 0.345. The Kier molecular flexibility index (Phi) is 8.70. The summed E-state index contributed by atoms with van der Waals surface area (Å²) >= 11 is 0. The van der Waals surface area contributed by atoms with Gasteiger partial charge >= 0.3 is 0 Å². The van der Waals surface area contributed by atoms with Gasteiger partial charge in [0.05, 0.1) is 23.5 Å². The minimum Gasteiger partial charge on any atom is -0.457 e. The van der Waals surface area contributed by atoms with E-state index in [4.69, 9.17) is 15.5 Å². The number of hydrogen-bond donors (Lipinski definition) is 2. The molecule has 1 aromatic heterocycles. The van der Waals surface area contributed by atoms with Gasteiger partial charge in [0, 0.05) is 17.0 Å². The third-order valence-electron chi connectivity index (χ3n) is 6.66. The number of nitrogen functional groups attached to an aromatic ring is 1. The molecule has 9 heteroatoms. The van der Waals surface area contributed by atoms with Gasteiger partial charge in [0.2, 0.25) is 10.0 Å².